The minimum absolute atomic E-state index is 0.113. The molecular weight excluding hydrogens is 654 g/mol. The van der Waals surface area contributed by atoms with Crippen molar-refractivity contribution >= 4 is 45.3 Å². The first-order valence-electron chi connectivity index (χ1n) is 16.2. The average molecular weight is 703 g/mol. The highest BCUT2D eigenvalue weighted by molar-refractivity contribution is 9.09. The number of nitrogens with zero attached hydrogens (tertiary/aromatic N) is 2. The van der Waals surface area contributed by atoms with E-state index in [1.54, 1.807) is 24.0 Å². The van der Waals surface area contributed by atoms with E-state index in [0.717, 1.165) is 11.1 Å². The van der Waals surface area contributed by atoms with Crippen LogP contribution in [-0.2, 0) is 28.7 Å². The maximum atomic E-state index is 14.9. The van der Waals surface area contributed by atoms with Gasteiger partial charge in [-0.3, -0.25) is 19.2 Å². The summed E-state index contributed by atoms with van der Waals surface area (Å²) in [6.07, 6.45) is 3.75. The first kappa shape index (κ1) is 35.8. The van der Waals surface area contributed by atoms with E-state index < -0.39 is 53.6 Å². The molecule has 3 aliphatic heterocycles. The van der Waals surface area contributed by atoms with Gasteiger partial charge in [0.25, 0.3) is 5.91 Å². The van der Waals surface area contributed by atoms with E-state index in [4.69, 9.17) is 9.47 Å². The number of ether oxygens (including phenoxy) is 2. The van der Waals surface area contributed by atoms with E-state index in [1.165, 1.54) is 4.90 Å². The molecule has 3 amide bonds. The summed E-state index contributed by atoms with van der Waals surface area (Å²) < 4.78 is 12.5. The van der Waals surface area contributed by atoms with Crippen molar-refractivity contribution in [2.24, 2.45) is 17.8 Å². The van der Waals surface area contributed by atoms with Gasteiger partial charge in [-0.05, 0) is 56.7 Å². The van der Waals surface area contributed by atoms with Crippen molar-refractivity contribution in [3.8, 4) is 0 Å². The Morgan fingerprint density at radius 1 is 1.26 bits per heavy atom. The SMILES string of the molecule is C=CCCC(=O)NC[C@@H](C)OC(=O)[C@@H]1[C@H]2O[C@@]3(CC2Br)[C@H](C(=O)N(CC=C)c2cc(C)ccc2C)N([C@@H](CO)[C@@H](C)CC)C(=O)[C@@H]13. The molecule has 1 unspecified atom stereocenters. The lowest BCUT2D eigenvalue weighted by Gasteiger charge is -2.41. The Bertz CT molecular complexity index is 1350. The highest BCUT2D eigenvalue weighted by Gasteiger charge is 2.77. The molecule has 46 heavy (non-hydrogen) atoms. The summed E-state index contributed by atoms with van der Waals surface area (Å²) in [6, 6.07) is 4.09. The topological polar surface area (TPSA) is 125 Å². The molecule has 9 atom stereocenters. The van der Waals surface area contributed by atoms with Gasteiger partial charge < -0.3 is 29.7 Å². The van der Waals surface area contributed by atoms with Crippen molar-refractivity contribution in [3.63, 3.8) is 0 Å². The van der Waals surface area contributed by atoms with Gasteiger partial charge in [0.15, 0.2) is 0 Å². The number of fused-ring (bicyclic) bond motifs is 1. The van der Waals surface area contributed by atoms with Crippen LogP contribution in [0, 0.1) is 31.6 Å². The van der Waals surface area contributed by atoms with Gasteiger partial charge in [-0.2, -0.15) is 0 Å². The number of aliphatic hydroxyl groups excluding tert-OH is 1. The summed E-state index contributed by atoms with van der Waals surface area (Å²) in [5.74, 6) is -3.64. The molecule has 4 rings (SSSR count). The predicted molar refractivity (Wildman–Crippen MR) is 179 cm³/mol. The largest absolute Gasteiger partial charge is 0.460 e. The number of anilines is 1. The van der Waals surface area contributed by atoms with E-state index in [2.05, 4.69) is 34.4 Å². The molecule has 0 saturated carbocycles. The van der Waals surface area contributed by atoms with Crippen LogP contribution >= 0.6 is 15.9 Å². The molecule has 0 radical (unpaired) electrons. The lowest BCUT2D eigenvalue weighted by Crippen LogP contribution is -2.60. The van der Waals surface area contributed by atoms with E-state index in [9.17, 15) is 24.3 Å². The normalized spacial score (nSPS) is 28.3. The zero-order valence-electron chi connectivity index (χ0n) is 27.5. The summed E-state index contributed by atoms with van der Waals surface area (Å²) in [7, 11) is 0. The Morgan fingerprint density at radius 2 is 1.98 bits per heavy atom. The fraction of sp³-hybridized carbons (Fsp3) is 0.600. The van der Waals surface area contributed by atoms with Crippen LogP contribution in [0.25, 0.3) is 0 Å². The number of carbonyl (C=O) groups is 4. The quantitative estimate of drug-likeness (QED) is 0.161. The number of nitrogens with one attached hydrogen (secondary N) is 1. The summed E-state index contributed by atoms with van der Waals surface area (Å²) in [5, 5.41) is 13.4. The number of benzene rings is 1. The molecule has 0 aliphatic carbocycles. The smallest absolute Gasteiger partial charge is 0.312 e. The van der Waals surface area contributed by atoms with E-state index in [-0.39, 0.29) is 48.7 Å². The van der Waals surface area contributed by atoms with Gasteiger partial charge in [-0.1, -0.05) is 60.5 Å². The van der Waals surface area contributed by atoms with Crippen LogP contribution in [0.2, 0.25) is 0 Å². The molecular formula is C35H48BrN3O7. The monoisotopic (exact) mass is 701 g/mol. The maximum absolute atomic E-state index is 14.9. The fourth-order valence-corrected chi connectivity index (χ4v) is 8.22. The fourth-order valence-electron chi connectivity index (χ4n) is 7.28. The van der Waals surface area contributed by atoms with Gasteiger partial charge in [0, 0.05) is 23.5 Å². The molecule has 11 heteroatoms. The number of halogens is 1. The van der Waals surface area contributed by atoms with Gasteiger partial charge in [0.05, 0.1) is 37.1 Å². The van der Waals surface area contributed by atoms with Crippen LogP contribution in [0.15, 0.2) is 43.5 Å². The Labute approximate surface area is 280 Å². The summed E-state index contributed by atoms with van der Waals surface area (Å²) in [4.78, 5) is 58.4. The second-order valence-electron chi connectivity index (χ2n) is 13.0. The van der Waals surface area contributed by atoms with Crippen LogP contribution in [-0.4, -0.2) is 88.1 Å². The molecule has 252 valence electrons. The van der Waals surface area contributed by atoms with Crippen LogP contribution in [0.3, 0.4) is 0 Å². The molecule has 0 aromatic heterocycles. The third-order valence-electron chi connectivity index (χ3n) is 9.79. The third-order valence-corrected chi connectivity index (χ3v) is 10.6. The molecule has 1 aromatic rings. The van der Waals surface area contributed by atoms with Gasteiger partial charge in [-0.15, -0.1) is 13.2 Å². The third kappa shape index (κ3) is 6.55. The van der Waals surface area contributed by atoms with Crippen LogP contribution in [0.5, 0.6) is 0 Å². The number of hydrogen-bond donors (Lipinski definition) is 2. The van der Waals surface area contributed by atoms with Crippen LogP contribution in [0.1, 0.15) is 57.6 Å². The summed E-state index contributed by atoms with van der Waals surface area (Å²) in [6.45, 7) is 16.9. The average Bonchev–Trinajstić information content (AvgIpc) is 3.62. The highest BCUT2D eigenvalue weighted by atomic mass is 79.9. The number of allylic oxidation sites excluding steroid dienone is 1. The maximum Gasteiger partial charge on any atom is 0.312 e. The second kappa shape index (κ2) is 14.8. The Kier molecular flexibility index (Phi) is 11.5. The van der Waals surface area contributed by atoms with Crippen molar-refractivity contribution in [3.05, 3.63) is 54.6 Å². The van der Waals surface area contributed by atoms with Crippen molar-refractivity contribution < 1.29 is 33.8 Å². The lowest BCUT2D eigenvalue weighted by molar-refractivity contribution is -0.160. The number of amides is 3. The number of alkyl halides is 1. The van der Waals surface area contributed by atoms with E-state index in [0.29, 0.717) is 24.9 Å². The van der Waals surface area contributed by atoms with Crippen molar-refractivity contribution in [1.29, 1.82) is 0 Å². The zero-order valence-corrected chi connectivity index (χ0v) is 29.1. The standard InChI is InChI=1S/C35H48BrN3O7/c1-8-11-12-27(41)37-18-23(7)45-34(44)28-29-32(42)39(26(19-40)21(5)10-3)31(35(29)17-24(36)30(28)46-35)33(43)38(15-9-2)25-16-20(4)13-14-22(25)6/h8-9,13-14,16,21,23-24,26,28-31,40H,1-2,10-12,15,17-19H2,3-7H3,(H,37,41)/t21-,23+,24?,26-,28-,29+,30-,31-,35+/m0/s1. The first-order valence-corrected chi connectivity index (χ1v) is 17.1. The van der Waals surface area contributed by atoms with Crippen molar-refractivity contribution in [2.45, 2.75) is 95.0 Å². The molecule has 1 aromatic carbocycles. The number of likely N-dealkylation sites (tertiary alicyclic amines) is 1. The van der Waals surface area contributed by atoms with Gasteiger partial charge in [0.2, 0.25) is 11.8 Å². The molecule has 3 heterocycles. The number of rotatable bonds is 15. The van der Waals surface area contributed by atoms with Gasteiger partial charge in [-0.25, -0.2) is 0 Å². The summed E-state index contributed by atoms with van der Waals surface area (Å²) in [5.41, 5.74) is 1.23. The highest BCUT2D eigenvalue weighted by Crippen LogP contribution is 2.61. The van der Waals surface area contributed by atoms with Gasteiger partial charge >= 0.3 is 5.97 Å². The predicted octanol–water partition coefficient (Wildman–Crippen LogP) is 3.99. The molecule has 2 N–H and O–H groups in total. The number of aliphatic hydroxyl groups is 1. The molecule has 2 bridgehead atoms. The molecule has 3 aliphatic rings. The first-order chi connectivity index (χ1) is 21.9. The van der Waals surface area contributed by atoms with Crippen LogP contribution in [0.4, 0.5) is 5.69 Å². The molecule has 3 fully saturated rings. The minimum atomic E-state index is -1.32. The van der Waals surface area contributed by atoms with Crippen LogP contribution < -0.4 is 10.2 Å². The Morgan fingerprint density at radius 3 is 2.61 bits per heavy atom. The van der Waals surface area contributed by atoms with Crippen molar-refractivity contribution in [1.82, 2.24) is 10.2 Å². The number of hydrogen-bond acceptors (Lipinski definition) is 7. The molecule has 10 nitrogen and oxygen atoms in total. The minimum Gasteiger partial charge on any atom is -0.460 e. The lowest BCUT2D eigenvalue weighted by atomic mass is 9.70. The Hall–Kier alpha value is -3.02. The number of esters is 1. The molecule has 3 saturated heterocycles. The van der Waals surface area contributed by atoms with E-state index >= 15 is 0 Å². The number of carbonyl (C=O) groups excluding carboxylic acids is 4. The van der Waals surface area contributed by atoms with Crippen molar-refractivity contribution in [2.75, 3.05) is 24.6 Å². The second-order valence-corrected chi connectivity index (χ2v) is 14.1. The van der Waals surface area contributed by atoms with Gasteiger partial charge in [0.1, 0.15) is 17.7 Å². The molecule has 1 spiro atoms. The number of aryl methyl sites for hydroxylation is 2. The summed E-state index contributed by atoms with van der Waals surface area (Å²) >= 11 is 3.70. The van der Waals surface area contributed by atoms with E-state index in [1.807, 2.05) is 45.9 Å². The zero-order chi connectivity index (χ0) is 33.9. The Balaban J connectivity index is 1.73.